The maximum absolute atomic E-state index is 11.8. The molecule has 1 aromatic heterocycles. The van der Waals surface area contributed by atoms with Crippen LogP contribution in [0.15, 0.2) is 53.3 Å². The second kappa shape index (κ2) is 7.40. The number of nitrogens with zero attached hydrogens (tertiary/aromatic N) is 2. The molecule has 0 aliphatic carbocycles. The molecule has 0 aliphatic rings. The smallest absolute Gasteiger partial charge is 0.338 e. The Morgan fingerprint density at radius 2 is 1.96 bits per heavy atom. The number of nitrogens with one attached hydrogen (secondary N) is 1. The van der Waals surface area contributed by atoms with Crippen molar-refractivity contribution in [2.24, 2.45) is 0 Å². The van der Waals surface area contributed by atoms with E-state index in [1.54, 1.807) is 12.1 Å². The number of hydrogen-bond acceptors (Lipinski definition) is 5. The summed E-state index contributed by atoms with van der Waals surface area (Å²) in [5.41, 5.74) is 2.22. The Morgan fingerprint density at radius 1 is 1.17 bits per heavy atom. The molecule has 0 unspecified atom stereocenters. The first kappa shape index (κ1) is 16.4. The quantitative estimate of drug-likeness (QED) is 0.644. The minimum atomic E-state index is -0.306. The third-order valence-corrected chi connectivity index (χ3v) is 3.91. The molecule has 0 amide bonds. The second-order valence-electron chi connectivity index (χ2n) is 5.22. The Hall–Kier alpha value is -2.47. The number of aromatic nitrogens is 2. The molecule has 5 nitrogen and oxygen atoms in total. The third-order valence-electron chi connectivity index (χ3n) is 3.42. The normalized spacial score (nSPS) is 10.6. The first-order valence-corrected chi connectivity index (χ1v) is 8.41. The van der Waals surface area contributed by atoms with E-state index < -0.39 is 0 Å². The second-order valence-corrected chi connectivity index (χ2v) is 6.14. The summed E-state index contributed by atoms with van der Waals surface area (Å²) in [6.45, 7) is 2.39. The van der Waals surface area contributed by atoms with E-state index in [9.17, 15) is 4.79 Å². The van der Waals surface area contributed by atoms with Crippen LogP contribution in [0.4, 0.5) is 11.5 Å². The number of anilines is 2. The zero-order valence-electron chi connectivity index (χ0n) is 13.1. The lowest BCUT2D eigenvalue weighted by Gasteiger charge is -2.09. The summed E-state index contributed by atoms with van der Waals surface area (Å²) in [5, 5.41) is 4.17. The van der Waals surface area contributed by atoms with Gasteiger partial charge < -0.3 is 10.1 Å². The molecule has 0 fully saturated rings. The summed E-state index contributed by atoms with van der Waals surface area (Å²) >= 11 is 3.46. The Labute approximate surface area is 148 Å². The van der Waals surface area contributed by atoms with Gasteiger partial charge in [0.05, 0.1) is 17.7 Å². The van der Waals surface area contributed by atoms with Crippen LogP contribution in [0.3, 0.4) is 0 Å². The van der Waals surface area contributed by atoms with Crippen molar-refractivity contribution in [2.75, 3.05) is 11.9 Å². The van der Waals surface area contributed by atoms with Gasteiger partial charge >= 0.3 is 5.97 Å². The van der Waals surface area contributed by atoms with Gasteiger partial charge in [0.25, 0.3) is 0 Å². The predicted octanol–water partition coefficient (Wildman–Crippen LogP) is 4.70. The number of carbonyl (C=O) groups excluding carboxylic acids is 1. The monoisotopic (exact) mass is 385 g/mol. The van der Waals surface area contributed by atoms with Gasteiger partial charge in [-0.05, 0) is 48.9 Å². The molecule has 0 aliphatic heterocycles. The lowest BCUT2D eigenvalue weighted by atomic mass is 10.2. The molecular weight excluding hydrogens is 370 g/mol. The number of esters is 1. The summed E-state index contributed by atoms with van der Waals surface area (Å²) < 4.78 is 6.08. The van der Waals surface area contributed by atoms with Crippen LogP contribution in [0.25, 0.3) is 10.9 Å². The molecule has 0 atom stereocenters. The van der Waals surface area contributed by atoms with E-state index in [1.165, 1.54) is 6.33 Å². The maximum atomic E-state index is 11.8. The summed E-state index contributed by atoms with van der Waals surface area (Å²) in [6, 6.07) is 13.0. The zero-order valence-corrected chi connectivity index (χ0v) is 14.7. The van der Waals surface area contributed by atoms with Crippen molar-refractivity contribution in [2.45, 2.75) is 13.3 Å². The third kappa shape index (κ3) is 3.71. The summed E-state index contributed by atoms with van der Waals surface area (Å²) in [5.74, 6) is 0.405. The molecule has 0 saturated carbocycles. The Morgan fingerprint density at radius 3 is 2.71 bits per heavy atom. The van der Waals surface area contributed by atoms with E-state index in [1.807, 2.05) is 37.3 Å². The molecule has 24 heavy (non-hydrogen) atoms. The number of ether oxygens (including phenoxy) is 1. The molecule has 122 valence electrons. The molecule has 3 aromatic rings. The molecule has 1 N–H and O–H groups in total. The highest BCUT2D eigenvalue weighted by molar-refractivity contribution is 9.10. The molecule has 0 spiro atoms. The van der Waals surface area contributed by atoms with Crippen LogP contribution >= 0.6 is 15.9 Å². The van der Waals surface area contributed by atoms with Crippen LogP contribution in [0, 0.1) is 0 Å². The number of halogens is 1. The van der Waals surface area contributed by atoms with Crippen LogP contribution in [0.5, 0.6) is 0 Å². The first-order valence-electron chi connectivity index (χ1n) is 7.62. The van der Waals surface area contributed by atoms with Gasteiger partial charge in [0.2, 0.25) is 0 Å². The van der Waals surface area contributed by atoms with Gasteiger partial charge in [0.15, 0.2) is 0 Å². The Kier molecular flexibility index (Phi) is 5.05. The van der Waals surface area contributed by atoms with E-state index in [0.717, 1.165) is 27.5 Å². The van der Waals surface area contributed by atoms with E-state index in [-0.39, 0.29) is 5.97 Å². The minimum absolute atomic E-state index is 0.306. The van der Waals surface area contributed by atoms with Gasteiger partial charge in [0.1, 0.15) is 12.1 Å². The van der Waals surface area contributed by atoms with Gasteiger partial charge in [0, 0.05) is 15.5 Å². The van der Waals surface area contributed by atoms with Gasteiger partial charge in [-0.1, -0.05) is 22.9 Å². The van der Waals surface area contributed by atoms with Gasteiger partial charge in [-0.2, -0.15) is 0 Å². The number of benzene rings is 2. The number of rotatable bonds is 5. The van der Waals surface area contributed by atoms with E-state index in [4.69, 9.17) is 4.74 Å². The SMILES string of the molecule is CCCOC(=O)c1ccc(Nc2ncnc3ccc(Br)cc23)cc1. The van der Waals surface area contributed by atoms with Crippen molar-refractivity contribution in [3.8, 4) is 0 Å². The Bertz CT molecular complexity index is 866. The van der Waals surface area contributed by atoms with Crippen molar-refractivity contribution in [1.29, 1.82) is 0 Å². The zero-order chi connectivity index (χ0) is 16.9. The standard InChI is InChI=1S/C18H16BrN3O2/c1-2-9-24-18(23)12-3-6-14(7-4-12)22-17-15-10-13(19)5-8-16(15)20-11-21-17/h3-8,10-11H,2,9H2,1H3,(H,20,21,22). The lowest BCUT2D eigenvalue weighted by molar-refractivity contribution is 0.0505. The molecule has 0 saturated heterocycles. The van der Waals surface area contributed by atoms with Crippen molar-refractivity contribution < 1.29 is 9.53 Å². The van der Waals surface area contributed by atoms with Crippen molar-refractivity contribution in [3.05, 3.63) is 58.8 Å². The number of carbonyl (C=O) groups is 1. The van der Waals surface area contributed by atoms with Crippen LogP contribution in [-0.2, 0) is 4.74 Å². The maximum Gasteiger partial charge on any atom is 0.338 e. The Balaban J connectivity index is 1.82. The average Bonchev–Trinajstić information content (AvgIpc) is 2.61. The molecule has 0 bridgehead atoms. The molecule has 1 heterocycles. The van der Waals surface area contributed by atoms with Crippen molar-refractivity contribution in [3.63, 3.8) is 0 Å². The van der Waals surface area contributed by atoms with Crippen molar-refractivity contribution >= 4 is 44.3 Å². The van der Waals surface area contributed by atoms with Gasteiger partial charge in [-0.3, -0.25) is 0 Å². The topological polar surface area (TPSA) is 64.1 Å². The van der Waals surface area contributed by atoms with Gasteiger partial charge in [-0.25, -0.2) is 14.8 Å². The van der Waals surface area contributed by atoms with Crippen LogP contribution < -0.4 is 5.32 Å². The fraction of sp³-hybridized carbons (Fsp3) is 0.167. The fourth-order valence-corrected chi connectivity index (χ4v) is 2.59. The van der Waals surface area contributed by atoms with Crippen molar-refractivity contribution in [1.82, 2.24) is 9.97 Å². The highest BCUT2D eigenvalue weighted by atomic mass is 79.9. The molecule has 0 radical (unpaired) electrons. The molecule has 2 aromatic carbocycles. The summed E-state index contributed by atoms with van der Waals surface area (Å²) in [6.07, 6.45) is 2.33. The first-order chi connectivity index (χ1) is 11.7. The molecule has 3 rings (SSSR count). The lowest BCUT2D eigenvalue weighted by Crippen LogP contribution is -2.05. The summed E-state index contributed by atoms with van der Waals surface area (Å²) in [7, 11) is 0. The van der Waals surface area contributed by atoms with Crippen LogP contribution in [-0.4, -0.2) is 22.5 Å². The number of hydrogen-bond donors (Lipinski definition) is 1. The fourth-order valence-electron chi connectivity index (χ4n) is 2.23. The van der Waals surface area contributed by atoms with E-state index in [0.29, 0.717) is 18.0 Å². The molecule has 6 heteroatoms. The van der Waals surface area contributed by atoms with E-state index in [2.05, 4.69) is 31.2 Å². The summed E-state index contributed by atoms with van der Waals surface area (Å²) in [4.78, 5) is 20.4. The average molecular weight is 386 g/mol. The highest BCUT2D eigenvalue weighted by Crippen LogP contribution is 2.26. The minimum Gasteiger partial charge on any atom is -0.462 e. The molecular formula is C18H16BrN3O2. The van der Waals surface area contributed by atoms with Crippen LogP contribution in [0.1, 0.15) is 23.7 Å². The highest BCUT2D eigenvalue weighted by Gasteiger charge is 2.08. The number of fused-ring (bicyclic) bond motifs is 1. The van der Waals surface area contributed by atoms with E-state index >= 15 is 0 Å². The largest absolute Gasteiger partial charge is 0.462 e. The predicted molar refractivity (Wildman–Crippen MR) is 97.5 cm³/mol. The van der Waals surface area contributed by atoms with Gasteiger partial charge in [-0.15, -0.1) is 0 Å². The van der Waals surface area contributed by atoms with Crippen LogP contribution in [0.2, 0.25) is 0 Å².